The minimum Gasteiger partial charge on any atom is -0.490 e. The lowest BCUT2D eigenvalue weighted by Gasteiger charge is -2.41. The maximum Gasteiger partial charge on any atom is 0.573 e. The summed E-state index contributed by atoms with van der Waals surface area (Å²) in [7, 11) is -4.01. The van der Waals surface area contributed by atoms with Gasteiger partial charge in [-0.25, -0.2) is 23.0 Å². The lowest BCUT2D eigenvalue weighted by molar-refractivity contribution is -0.274. The Kier molecular flexibility index (Phi) is 9.15. The van der Waals surface area contributed by atoms with Gasteiger partial charge in [-0.05, 0) is 74.3 Å². The molecule has 0 aromatic heterocycles. The predicted molar refractivity (Wildman–Crippen MR) is 129 cm³/mol. The SMILES string of the molecule is O=C(NOC1CCCCO1)C1(S(=O)(=O)N2CCC(Oc3ccc(OC(F)(F)F)cc3)CC2)CCSCC1. The molecule has 3 aliphatic rings. The van der Waals surface area contributed by atoms with Crippen LogP contribution in [0, 0.1) is 0 Å². The number of ether oxygens (including phenoxy) is 3. The maximum atomic E-state index is 13.8. The van der Waals surface area contributed by atoms with Crippen molar-refractivity contribution < 1.29 is 45.4 Å². The van der Waals surface area contributed by atoms with Crippen LogP contribution >= 0.6 is 11.8 Å². The number of alkyl halides is 3. The lowest BCUT2D eigenvalue weighted by atomic mass is 10.0. The molecule has 9 nitrogen and oxygen atoms in total. The average molecular weight is 569 g/mol. The van der Waals surface area contributed by atoms with Crippen LogP contribution in [0.5, 0.6) is 11.5 Å². The van der Waals surface area contributed by atoms with Crippen LogP contribution in [0.4, 0.5) is 13.2 Å². The number of rotatable bonds is 8. The summed E-state index contributed by atoms with van der Waals surface area (Å²) in [5.74, 6) is 0.425. The molecule has 0 spiro atoms. The number of hydroxylamine groups is 1. The molecule has 1 unspecified atom stereocenters. The molecule has 14 heteroatoms. The second-order valence-corrected chi connectivity index (χ2v) is 12.7. The van der Waals surface area contributed by atoms with E-state index in [1.807, 2.05) is 0 Å². The third-order valence-electron chi connectivity index (χ3n) is 6.73. The number of thioether (sulfide) groups is 1. The van der Waals surface area contributed by atoms with Crippen molar-refractivity contribution >= 4 is 27.7 Å². The summed E-state index contributed by atoms with van der Waals surface area (Å²) < 4.78 is 79.5. The zero-order chi connectivity index (χ0) is 26.5. The molecule has 37 heavy (non-hydrogen) atoms. The van der Waals surface area contributed by atoms with E-state index in [0.29, 0.717) is 43.1 Å². The molecule has 0 radical (unpaired) electrons. The van der Waals surface area contributed by atoms with Gasteiger partial charge in [0, 0.05) is 26.1 Å². The van der Waals surface area contributed by atoms with Gasteiger partial charge in [0.25, 0.3) is 5.91 Å². The van der Waals surface area contributed by atoms with Crippen molar-refractivity contribution in [1.82, 2.24) is 9.79 Å². The summed E-state index contributed by atoms with van der Waals surface area (Å²) in [6.45, 7) is 0.858. The predicted octanol–water partition coefficient (Wildman–Crippen LogP) is 3.60. The fraction of sp³-hybridized carbons (Fsp3) is 0.696. The van der Waals surface area contributed by atoms with E-state index < -0.39 is 33.3 Å². The van der Waals surface area contributed by atoms with Crippen molar-refractivity contribution in [2.45, 2.75) is 68.4 Å². The van der Waals surface area contributed by atoms with Crippen molar-refractivity contribution in [2.75, 3.05) is 31.2 Å². The summed E-state index contributed by atoms with van der Waals surface area (Å²) in [6.07, 6.45) is -2.12. The highest BCUT2D eigenvalue weighted by atomic mass is 32.2. The molecule has 0 bridgehead atoms. The molecular formula is C23H31F3N2O7S2. The van der Waals surface area contributed by atoms with Crippen LogP contribution in [-0.2, 0) is 24.4 Å². The van der Waals surface area contributed by atoms with Gasteiger partial charge in [-0.3, -0.25) is 4.79 Å². The van der Waals surface area contributed by atoms with E-state index in [-0.39, 0.29) is 37.8 Å². The van der Waals surface area contributed by atoms with Crippen LogP contribution in [-0.4, -0.2) is 73.3 Å². The highest BCUT2D eigenvalue weighted by Gasteiger charge is 2.54. The van der Waals surface area contributed by atoms with Crippen molar-refractivity contribution in [1.29, 1.82) is 0 Å². The molecule has 208 valence electrons. The van der Waals surface area contributed by atoms with Crippen molar-refractivity contribution in [3.8, 4) is 11.5 Å². The quantitative estimate of drug-likeness (QED) is 0.475. The number of carbonyl (C=O) groups is 1. The smallest absolute Gasteiger partial charge is 0.490 e. The van der Waals surface area contributed by atoms with Crippen LogP contribution in [0.25, 0.3) is 0 Å². The van der Waals surface area contributed by atoms with Crippen LogP contribution < -0.4 is 15.0 Å². The number of carbonyl (C=O) groups excluding carboxylic acids is 1. The first-order valence-corrected chi connectivity index (χ1v) is 14.9. The fourth-order valence-electron chi connectivity index (χ4n) is 4.67. The van der Waals surface area contributed by atoms with Gasteiger partial charge in [0.1, 0.15) is 17.6 Å². The Bertz CT molecular complexity index is 1000. The highest BCUT2D eigenvalue weighted by Crippen LogP contribution is 2.38. The molecular weight excluding hydrogens is 537 g/mol. The number of nitrogens with zero attached hydrogens (tertiary/aromatic N) is 1. The molecule has 1 amide bonds. The zero-order valence-corrected chi connectivity index (χ0v) is 21.8. The summed E-state index contributed by atoms with van der Waals surface area (Å²) in [5, 5.41) is 0. The second kappa shape index (κ2) is 12.0. The third kappa shape index (κ3) is 7.02. The summed E-state index contributed by atoms with van der Waals surface area (Å²) in [4.78, 5) is 18.7. The molecule has 1 N–H and O–H groups in total. The first-order chi connectivity index (χ1) is 17.6. The van der Waals surface area contributed by atoms with Gasteiger partial charge in [-0.2, -0.15) is 11.8 Å². The molecule has 3 heterocycles. The summed E-state index contributed by atoms with van der Waals surface area (Å²) in [5.41, 5.74) is 2.38. The van der Waals surface area contributed by atoms with E-state index in [0.717, 1.165) is 25.0 Å². The monoisotopic (exact) mass is 568 g/mol. The molecule has 0 saturated carbocycles. The molecule has 0 aliphatic carbocycles. The number of hydrogen-bond acceptors (Lipinski definition) is 8. The van der Waals surface area contributed by atoms with Crippen molar-refractivity contribution in [3.05, 3.63) is 24.3 Å². The average Bonchev–Trinajstić information content (AvgIpc) is 2.89. The number of piperidine rings is 1. The number of hydrogen-bond donors (Lipinski definition) is 1. The minimum absolute atomic E-state index is 0.164. The minimum atomic E-state index is -4.78. The third-order valence-corrected chi connectivity index (χ3v) is 10.3. The van der Waals surface area contributed by atoms with Crippen LogP contribution in [0.15, 0.2) is 24.3 Å². The number of halogens is 3. The van der Waals surface area contributed by atoms with Crippen molar-refractivity contribution in [2.24, 2.45) is 0 Å². The molecule has 1 aromatic carbocycles. The Labute approximate surface area is 218 Å². The van der Waals surface area contributed by atoms with Gasteiger partial charge in [0.05, 0.1) is 0 Å². The van der Waals surface area contributed by atoms with E-state index in [2.05, 4.69) is 10.2 Å². The van der Waals surface area contributed by atoms with Gasteiger partial charge < -0.3 is 14.2 Å². The lowest BCUT2D eigenvalue weighted by Crippen LogP contribution is -2.60. The van der Waals surface area contributed by atoms with Gasteiger partial charge >= 0.3 is 6.36 Å². The maximum absolute atomic E-state index is 13.8. The molecule has 4 rings (SSSR count). The van der Waals surface area contributed by atoms with E-state index in [1.54, 1.807) is 11.8 Å². The van der Waals surface area contributed by atoms with Crippen molar-refractivity contribution in [3.63, 3.8) is 0 Å². The zero-order valence-electron chi connectivity index (χ0n) is 20.2. The molecule has 3 saturated heterocycles. The number of benzene rings is 1. The van der Waals surface area contributed by atoms with Crippen LogP contribution in [0.1, 0.15) is 44.9 Å². The first-order valence-electron chi connectivity index (χ1n) is 12.3. The number of sulfonamides is 1. The fourth-order valence-corrected chi connectivity index (χ4v) is 8.30. The molecule has 3 fully saturated rings. The summed E-state index contributed by atoms with van der Waals surface area (Å²) in [6, 6.07) is 5.07. The normalized spacial score (nSPS) is 23.8. The van der Waals surface area contributed by atoms with Gasteiger partial charge in [-0.15, -0.1) is 13.2 Å². The first kappa shape index (κ1) is 28.3. The van der Waals surface area contributed by atoms with Gasteiger partial charge in [0.15, 0.2) is 11.0 Å². The van der Waals surface area contributed by atoms with Crippen LogP contribution in [0.3, 0.4) is 0 Å². The largest absolute Gasteiger partial charge is 0.573 e. The van der Waals surface area contributed by atoms with E-state index in [4.69, 9.17) is 14.3 Å². The van der Waals surface area contributed by atoms with E-state index in [1.165, 1.54) is 16.4 Å². The number of amides is 1. The molecule has 1 aromatic rings. The topological polar surface area (TPSA) is 103 Å². The molecule has 1 atom stereocenters. The van der Waals surface area contributed by atoms with E-state index >= 15 is 0 Å². The Morgan fingerprint density at radius 3 is 2.30 bits per heavy atom. The Balaban J connectivity index is 1.36. The summed E-state index contributed by atoms with van der Waals surface area (Å²) >= 11 is 1.61. The standard InChI is InChI=1S/C23H31F3N2O7S2/c24-23(25,26)34-19-6-4-17(5-7-19)33-18-8-12-28(13-9-18)37(30,31)22(10-15-36-16-11-22)21(29)27-35-20-3-1-2-14-32-20/h4-7,18,20H,1-3,8-16H2,(H,27,29). The van der Waals surface area contributed by atoms with Crippen LogP contribution in [0.2, 0.25) is 0 Å². The number of nitrogens with one attached hydrogen (secondary N) is 1. The Hall–Kier alpha value is -1.74. The van der Waals surface area contributed by atoms with Gasteiger partial charge in [-0.1, -0.05) is 0 Å². The Morgan fingerprint density at radius 1 is 1.05 bits per heavy atom. The molecule has 3 aliphatic heterocycles. The Morgan fingerprint density at radius 2 is 1.70 bits per heavy atom. The van der Waals surface area contributed by atoms with Gasteiger partial charge in [0.2, 0.25) is 10.0 Å². The highest BCUT2D eigenvalue weighted by molar-refractivity contribution is 7.99. The van der Waals surface area contributed by atoms with E-state index in [9.17, 15) is 26.4 Å². The second-order valence-electron chi connectivity index (χ2n) is 9.19.